The van der Waals surface area contributed by atoms with E-state index < -0.39 is 91.4 Å². The molecule has 1 aromatic rings. The number of primary amides is 1. The fourth-order valence-electron chi connectivity index (χ4n) is 3.12. The van der Waals surface area contributed by atoms with Crippen LogP contribution in [0.15, 0.2) is 24.3 Å². The maximum absolute atomic E-state index is 12.8. The molecular formula is C22H29N5O11. The number of hydrogen-bond acceptors (Lipinski definition) is 9. The highest BCUT2D eigenvalue weighted by molar-refractivity contribution is 5.97. The molecule has 4 unspecified atom stereocenters. The molecule has 0 saturated heterocycles. The zero-order valence-corrected chi connectivity index (χ0v) is 20.0. The molecule has 38 heavy (non-hydrogen) atoms. The van der Waals surface area contributed by atoms with Crippen molar-refractivity contribution >= 4 is 41.5 Å². The van der Waals surface area contributed by atoms with Crippen LogP contribution in [0.25, 0.3) is 0 Å². The van der Waals surface area contributed by atoms with Crippen LogP contribution in [0.3, 0.4) is 0 Å². The molecule has 0 saturated carbocycles. The predicted octanol–water partition coefficient (Wildman–Crippen LogP) is -2.98. The Morgan fingerprint density at radius 2 is 1.24 bits per heavy atom. The zero-order valence-electron chi connectivity index (χ0n) is 20.0. The van der Waals surface area contributed by atoms with Gasteiger partial charge in [0.2, 0.25) is 23.6 Å². The second-order valence-corrected chi connectivity index (χ2v) is 8.20. The average molecular weight is 539 g/mol. The number of amides is 4. The van der Waals surface area contributed by atoms with E-state index in [1.807, 2.05) is 10.6 Å². The van der Waals surface area contributed by atoms with E-state index in [0.29, 0.717) is 5.56 Å². The summed E-state index contributed by atoms with van der Waals surface area (Å²) in [6.45, 7) is 0. The Kier molecular flexibility index (Phi) is 12.1. The highest BCUT2D eigenvalue weighted by Gasteiger charge is 2.32. The minimum atomic E-state index is -1.86. The molecule has 0 radical (unpaired) electrons. The maximum atomic E-state index is 12.8. The number of benzene rings is 1. The summed E-state index contributed by atoms with van der Waals surface area (Å²) in [7, 11) is 0. The van der Waals surface area contributed by atoms with Gasteiger partial charge >= 0.3 is 17.9 Å². The van der Waals surface area contributed by atoms with Crippen molar-refractivity contribution < 1.29 is 54.0 Å². The summed E-state index contributed by atoms with van der Waals surface area (Å²) in [6.07, 6.45) is -2.93. The number of nitrogens with two attached hydrogens (primary N) is 2. The van der Waals surface area contributed by atoms with Crippen LogP contribution in [-0.2, 0) is 40.0 Å². The molecule has 0 aromatic heterocycles. The number of carboxylic acids is 3. The second kappa shape index (κ2) is 14.7. The molecule has 4 atom stereocenters. The van der Waals surface area contributed by atoms with Crippen molar-refractivity contribution in [3.05, 3.63) is 29.8 Å². The third-order valence-corrected chi connectivity index (χ3v) is 5.04. The van der Waals surface area contributed by atoms with Crippen LogP contribution in [0.2, 0.25) is 0 Å². The molecule has 16 nitrogen and oxygen atoms in total. The number of aliphatic carboxylic acids is 3. The Morgan fingerprint density at radius 1 is 0.737 bits per heavy atom. The highest BCUT2D eigenvalue weighted by atomic mass is 16.4. The quantitative estimate of drug-likeness (QED) is 0.102. The summed E-state index contributed by atoms with van der Waals surface area (Å²) >= 11 is 0. The van der Waals surface area contributed by atoms with E-state index in [4.69, 9.17) is 21.7 Å². The van der Waals surface area contributed by atoms with Crippen LogP contribution in [0.5, 0.6) is 5.75 Å². The fourth-order valence-corrected chi connectivity index (χ4v) is 3.12. The summed E-state index contributed by atoms with van der Waals surface area (Å²) in [5, 5.41) is 42.6. The Bertz CT molecular complexity index is 1060. The van der Waals surface area contributed by atoms with Crippen LogP contribution in [-0.4, -0.2) is 86.1 Å². The van der Waals surface area contributed by atoms with Crippen molar-refractivity contribution in [1.82, 2.24) is 16.0 Å². The van der Waals surface area contributed by atoms with E-state index in [1.165, 1.54) is 24.3 Å². The summed E-state index contributed by atoms with van der Waals surface area (Å²) in [4.78, 5) is 82.7. The first-order valence-electron chi connectivity index (χ1n) is 11.1. The summed E-state index contributed by atoms with van der Waals surface area (Å²) < 4.78 is 0. The van der Waals surface area contributed by atoms with Gasteiger partial charge in [0, 0.05) is 6.42 Å². The summed E-state index contributed by atoms with van der Waals surface area (Å²) in [5.41, 5.74) is 11.6. The normalized spacial score (nSPS) is 13.7. The Labute approximate surface area is 215 Å². The van der Waals surface area contributed by atoms with E-state index >= 15 is 0 Å². The second-order valence-electron chi connectivity index (χ2n) is 8.20. The fraction of sp³-hybridized carbons (Fsp3) is 0.409. The van der Waals surface area contributed by atoms with Crippen LogP contribution >= 0.6 is 0 Å². The molecule has 0 spiro atoms. The lowest BCUT2D eigenvalue weighted by atomic mass is 10.0. The smallest absolute Gasteiger partial charge is 0.326 e. The molecule has 1 aromatic carbocycles. The number of hydrogen-bond donors (Lipinski definition) is 9. The topological polar surface area (TPSA) is 289 Å². The predicted molar refractivity (Wildman–Crippen MR) is 126 cm³/mol. The van der Waals surface area contributed by atoms with Crippen molar-refractivity contribution in [3.8, 4) is 5.75 Å². The van der Waals surface area contributed by atoms with E-state index in [0.717, 1.165) is 0 Å². The minimum Gasteiger partial charge on any atom is -0.508 e. The molecular weight excluding hydrogens is 510 g/mol. The van der Waals surface area contributed by atoms with Gasteiger partial charge in [0.05, 0.1) is 18.9 Å². The lowest BCUT2D eigenvalue weighted by molar-refractivity contribution is -0.144. The number of carboxylic acid groups (broad SMARTS) is 3. The van der Waals surface area contributed by atoms with Gasteiger partial charge < -0.3 is 47.8 Å². The first-order chi connectivity index (χ1) is 17.7. The maximum Gasteiger partial charge on any atom is 0.326 e. The Morgan fingerprint density at radius 3 is 1.71 bits per heavy atom. The summed E-state index contributed by atoms with van der Waals surface area (Å²) in [5.74, 6) is -8.87. The van der Waals surface area contributed by atoms with Crippen molar-refractivity contribution in [2.45, 2.75) is 56.3 Å². The molecule has 0 bridgehead atoms. The number of carbonyl (C=O) groups excluding carboxylic acids is 4. The lowest BCUT2D eigenvalue weighted by Gasteiger charge is -2.24. The van der Waals surface area contributed by atoms with Gasteiger partial charge in [-0.2, -0.15) is 0 Å². The third-order valence-electron chi connectivity index (χ3n) is 5.04. The van der Waals surface area contributed by atoms with E-state index in [-0.39, 0.29) is 12.2 Å². The number of carbonyl (C=O) groups is 7. The molecule has 11 N–H and O–H groups in total. The van der Waals surface area contributed by atoms with Crippen LogP contribution in [0, 0.1) is 0 Å². The van der Waals surface area contributed by atoms with E-state index in [1.54, 1.807) is 0 Å². The minimum absolute atomic E-state index is 0.0125. The highest BCUT2D eigenvalue weighted by Crippen LogP contribution is 2.11. The lowest BCUT2D eigenvalue weighted by Crippen LogP contribution is -2.58. The van der Waals surface area contributed by atoms with E-state index in [9.17, 15) is 43.8 Å². The van der Waals surface area contributed by atoms with Gasteiger partial charge in [-0.05, 0) is 30.5 Å². The molecule has 0 aliphatic heterocycles. The average Bonchev–Trinajstić information content (AvgIpc) is 2.81. The molecule has 16 heteroatoms. The Balaban J connectivity index is 2.98. The van der Waals surface area contributed by atoms with Gasteiger partial charge in [0.15, 0.2) is 0 Å². The van der Waals surface area contributed by atoms with Crippen molar-refractivity contribution in [2.24, 2.45) is 11.5 Å². The van der Waals surface area contributed by atoms with Gasteiger partial charge in [-0.3, -0.25) is 28.8 Å². The number of phenols is 1. The first kappa shape index (κ1) is 31.3. The third kappa shape index (κ3) is 11.3. The molecule has 1 rings (SSSR count). The molecule has 4 amide bonds. The van der Waals surface area contributed by atoms with Crippen molar-refractivity contribution in [3.63, 3.8) is 0 Å². The Hall–Kier alpha value is -4.73. The molecule has 0 aliphatic rings. The number of rotatable bonds is 16. The SMILES string of the molecule is NC(=O)CC(NC(=O)C(N)Cc1ccc(O)cc1)C(=O)NC(CC(=O)O)C(=O)NC(CCC(=O)O)C(=O)O. The standard InChI is InChI=1S/C22H29N5O11/c23-12(7-10-1-3-11(28)4-2-10)19(34)26-14(8-16(24)29)20(35)27-15(9-18(32)33)21(36)25-13(22(37)38)5-6-17(30)31/h1-4,12-15,28H,5-9,23H2,(H2,24,29)(H,25,36)(H,26,34)(H,27,35)(H,30,31)(H,32,33)(H,37,38). The molecule has 0 aliphatic carbocycles. The first-order valence-corrected chi connectivity index (χ1v) is 11.1. The van der Waals surface area contributed by atoms with Gasteiger partial charge in [0.25, 0.3) is 0 Å². The van der Waals surface area contributed by atoms with Gasteiger partial charge in [-0.15, -0.1) is 0 Å². The van der Waals surface area contributed by atoms with Crippen LogP contribution < -0.4 is 27.4 Å². The van der Waals surface area contributed by atoms with Crippen molar-refractivity contribution in [1.29, 1.82) is 0 Å². The molecule has 0 heterocycles. The molecule has 0 fully saturated rings. The van der Waals surface area contributed by atoms with Crippen LogP contribution in [0.1, 0.15) is 31.2 Å². The van der Waals surface area contributed by atoms with Gasteiger partial charge in [0.1, 0.15) is 23.9 Å². The van der Waals surface area contributed by atoms with Crippen molar-refractivity contribution in [2.75, 3.05) is 0 Å². The number of phenolic OH excluding ortho intramolecular Hbond substituents is 1. The zero-order chi connectivity index (χ0) is 29.0. The van der Waals surface area contributed by atoms with Gasteiger partial charge in [-0.1, -0.05) is 12.1 Å². The number of nitrogens with one attached hydrogen (secondary N) is 3. The van der Waals surface area contributed by atoms with Gasteiger partial charge in [-0.25, -0.2) is 4.79 Å². The monoisotopic (exact) mass is 539 g/mol. The number of aromatic hydroxyl groups is 1. The summed E-state index contributed by atoms with van der Waals surface area (Å²) in [6, 6.07) is -0.696. The molecule has 208 valence electrons. The largest absolute Gasteiger partial charge is 0.508 e. The van der Waals surface area contributed by atoms with Crippen LogP contribution in [0.4, 0.5) is 0 Å². The van der Waals surface area contributed by atoms with E-state index in [2.05, 4.69) is 5.32 Å².